The zero-order chi connectivity index (χ0) is 22.2. The molecule has 2 aromatic heterocycles. The molecular formula is C20H16F3N5O3. The highest BCUT2D eigenvalue weighted by molar-refractivity contribution is 5.78. The number of anilines is 4. The molecule has 0 aliphatic carbocycles. The van der Waals surface area contributed by atoms with Crippen molar-refractivity contribution in [3.63, 3.8) is 0 Å². The summed E-state index contributed by atoms with van der Waals surface area (Å²) in [5, 5.41) is 5.99. The summed E-state index contributed by atoms with van der Waals surface area (Å²) in [6.07, 6.45) is -2.96. The van der Waals surface area contributed by atoms with Crippen LogP contribution >= 0.6 is 0 Å². The largest absolute Gasteiger partial charge is 0.496 e. The summed E-state index contributed by atoms with van der Waals surface area (Å²) >= 11 is 0. The Morgan fingerprint density at radius 1 is 1.10 bits per heavy atom. The van der Waals surface area contributed by atoms with Crippen molar-refractivity contribution in [1.29, 1.82) is 0 Å². The lowest BCUT2D eigenvalue weighted by atomic mass is 10.1. The van der Waals surface area contributed by atoms with Gasteiger partial charge in [0, 0.05) is 29.2 Å². The van der Waals surface area contributed by atoms with Gasteiger partial charge in [-0.05, 0) is 37.3 Å². The highest BCUT2D eigenvalue weighted by Crippen LogP contribution is 2.37. The number of rotatable bonds is 5. The molecule has 8 nitrogen and oxygen atoms in total. The van der Waals surface area contributed by atoms with Gasteiger partial charge >= 0.3 is 11.9 Å². The molecule has 0 radical (unpaired) electrons. The molecule has 0 atom stereocenters. The van der Waals surface area contributed by atoms with Crippen LogP contribution in [0.1, 0.15) is 11.1 Å². The summed E-state index contributed by atoms with van der Waals surface area (Å²) in [7, 11) is 1.17. The Hall–Kier alpha value is -4.02. The number of ether oxygens (including phenoxy) is 1. The minimum absolute atomic E-state index is 0.174. The Bertz CT molecular complexity index is 1310. The van der Waals surface area contributed by atoms with Gasteiger partial charge in [0.1, 0.15) is 11.6 Å². The van der Waals surface area contributed by atoms with Crippen molar-refractivity contribution in [3.8, 4) is 5.75 Å². The number of oxazole rings is 1. The number of fused-ring (bicyclic) bond motifs is 1. The van der Waals surface area contributed by atoms with Crippen molar-refractivity contribution in [2.45, 2.75) is 13.1 Å². The van der Waals surface area contributed by atoms with E-state index in [1.165, 1.54) is 19.2 Å². The highest BCUT2D eigenvalue weighted by atomic mass is 19.4. The van der Waals surface area contributed by atoms with Crippen molar-refractivity contribution in [2.75, 3.05) is 17.7 Å². The van der Waals surface area contributed by atoms with Gasteiger partial charge in [0.25, 0.3) is 0 Å². The second-order valence-electron chi connectivity index (χ2n) is 6.61. The molecule has 0 saturated carbocycles. The summed E-state index contributed by atoms with van der Waals surface area (Å²) < 4.78 is 49.0. The van der Waals surface area contributed by atoms with Crippen molar-refractivity contribution in [1.82, 2.24) is 15.0 Å². The smallest absolute Gasteiger partial charge is 0.419 e. The molecule has 0 spiro atoms. The Balaban J connectivity index is 1.59. The van der Waals surface area contributed by atoms with Gasteiger partial charge in [0.05, 0.1) is 18.2 Å². The number of aromatic amines is 1. The third kappa shape index (κ3) is 4.29. The molecule has 3 N–H and O–H groups in total. The van der Waals surface area contributed by atoms with Gasteiger partial charge in [0.2, 0.25) is 5.95 Å². The van der Waals surface area contributed by atoms with Crippen LogP contribution < -0.4 is 21.1 Å². The van der Waals surface area contributed by atoms with Crippen molar-refractivity contribution >= 4 is 34.2 Å². The molecule has 2 heterocycles. The molecule has 0 aliphatic rings. The van der Waals surface area contributed by atoms with E-state index in [-0.39, 0.29) is 11.7 Å². The molecule has 11 heteroatoms. The summed E-state index contributed by atoms with van der Waals surface area (Å²) in [5.41, 5.74) is 1.78. The fourth-order valence-corrected chi connectivity index (χ4v) is 2.93. The fourth-order valence-electron chi connectivity index (χ4n) is 2.93. The molecule has 0 amide bonds. The quantitative estimate of drug-likeness (QED) is 0.419. The first-order valence-corrected chi connectivity index (χ1v) is 8.99. The van der Waals surface area contributed by atoms with Gasteiger partial charge in [0.15, 0.2) is 5.58 Å². The third-order valence-corrected chi connectivity index (χ3v) is 4.42. The zero-order valence-corrected chi connectivity index (χ0v) is 16.3. The highest BCUT2D eigenvalue weighted by Gasteiger charge is 2.34. The Morgan fingerprint density at radius 3 is 2.58 bits per heavy atom. The summed E-state index contributed by atoms with van der Waals surface area (Å²) in [6, 6.07) is 8.46. The molecule has 2 aromatic carbocycles. The number of benzene rings is 2. The predicted octanol–water partition coefficient (Wildman–Crippen LogP) is 4.73. The topological polar surface area (TPSA) is 105 Å². The molecule has 0 aliphatic heterocycles. The van der Waals surface area contributed by atoms with Crippen LogP contribution in [0.4, 0.5) is 36.3 Å². The first kappa shape index (κ1) is 20.3. The molecule has 160 valence electrons. The van der Waals surface area contributed by atoms with E-state index in [4.69, 9.17) is 9.15 Å². The first-order valence-electron chi connectivity index (χ1n) is 8.99. The maximum absolute atomic E-state index is 13.0. The van der Waals surface area contributed by atoms with E-state index in [9.17, 15) is 18.0 Å². The summed E-state index contributed by atoms with van der Waals surface area (Å²) in [4.78, 5) is 22.4. The molecule has 0 fully saturated rings. The van der Waals surface area contributed by atoms with Crippen LogP contribution in [0.15, 0.2) is 51.8 Å². The number of nitrogens with zero attached hydrogens (tertiary/aromatic N) is 2. The van der Waals surface area contributed by atoms with Gasteiger partial charge in [-0.2, -0.15) is 18.2 Å². The number of methoxy groups -OCH3 is 1. The molecule has 0 bridgehead atoms. The van der Waals surface area contributed by atoms with E-state index < -0.39 is 17.5 Å². The SMILES string of the molecule is COc1cc(Nc2ncc(C)c(Nc3ccc4oc(=O)[nH]c4c3)n2)ccc1C(F)(F)F. The molecule has 4 aromatic rings. The number of aromatic nitrogens is 3. The Labute approximate surface area is 173 Å². The van der Waals surface area contributed by atoms with Crippen molar-refractivity contribution in [2.24, 2.45) is 0 Å². The van der Waals surface area contributed by atoms with Gasteiger partial charge in [-0.1, -0.05) is 0 Å². The number of hydrogen-bond donors (Lipinski definition) is 3. The Kier molecular flexibility index (Phi) is 5.01. The van der Waals surface area contributed by atoms with E-state index in [1.807, 2.05) is 0 Å². The van der Waals surface area contributed by atoms with Crippen LogP contribution in [0.25, 0.3) is 11.1 Å². The minimum Gasteiger partial charge on any atom is -0.496 e. The Morgan fingerprint density at radius 2 is 1.84 bits per heavy atom. The number of hydrogen-bond acceptors (Lipinski definition) is 7. The molecular weight excluding hydrogens is 415 g/mol. The van der Waals surface area contributed by atoms with Crippen LogP contribution in [0.3, 0.4) is 0 Å². The average Bonchev–Trinajstić information content (AvgIpc) is 3.09. The standard InChI is InChI=1S/C20H16F3N5O3/c1-10-9-24-18(26-12-3-5-13(20(21,22)23)16(8-12)30-2)28-17(10)25-11-4-6-15-14(7-11)27-19(29)31-15/h3-9H,1-2H3,(H,27,29)(H2,24,25,26,28). The van der Waals surface area contributed by atoms with Crippen LogP contribution in [0.2, 0.25) is 0 Å². The van der Waals surface area contributed by atoms with E-state index in [0.717, 1.165) is 11.6 Å². The number of H-pyrrole nitrogens is 1. The molecule has 0 unspecified atom stereocenters. The van der Waals surface area contributed by atoms with E-state index in [0.29, 0.717) is 28.3 Å². The summed E-state index contributed by atoms with van der Waals surface area (Å²) in [5.74, 6) is -0.219. The van der Waals surface area contributed by atoms with Gasteiger partial charge < -0.3 is 19.8 Å². The maximum Gasteiger partial charge on any atom is 0.419 e. The second kappa shape index (κ2) is 7.67. The number of alkyl halides is 3. The van der Waals surface area contributed by atoms with Gasteiger partial charge in [-0.15, -0.1) is 0 Å². The van der Waals surface area contributed by atoms with Crippen LogP contribution in [0, 0.1) is 6.92 Å². The van der Waals surface area contributed by atoms with E-state index in [1.54, 1.807) is 31.3 Å². The van der Waals surface area contributed by atoms with E-state index >= 15 is 0 Å². The lowest BCUT2D eigenvalue weighted by Gasteiger charge is -2.14. The lowest BCUT2D eigenvalue weighted by molar-refractivity contribution is -0.138. The second-order valence-corrected chi connectivity index (χ2v) is 6.61. The number of aryl methyl sites for hydroxylation is 1. The third-order valence-electron chi connectivity index (χ3n) is 4.42. The number of halogens is 3. The predicted molar refractivity (Wildman–Crippen MR) is 108 cm³/mol. The average molecular weight is 431 g/mol. The monoisotopic (exact) mass is 431 g/mol. The minimum atomic E-state index is -4.53. The molecule has 4 rings (SSSR count). The van der Waals surface area contributed by atoms with Gasteiger partial charge in [-0.3, -0.25) is 4.98 Å². The first-order chi connectivity index (χ1) is 14.7. The lowest BCUT2D eigenvalue weighted by Crippen LogP contribution is -2.08. The zero-order valence-electron chi connectivity index (χ0n) is 16.3. The van der Waals surface area contributed by atoms with Crippen LogP contribution in [0.5, 0.6) is 5.75 Å². The molecule has 0 saturated heterocycles. The normalized spacial score (nSPS) is 11.5. The molecule has 31 heavy (non-hydrogen) atoms. The van der Waals surface area contributed by atoms with Crippen LogP contribution in [-0.4, -0.2) is 22.1 Å². The summed E-state index contributed by atoms with van der Waals surface area (Å²) in [6.45, 7) is 1.80. The van der Waals surface area contributed by atoms with Crippen molar-refractivity contribution < 1.29 is 22.3 Å². The number of nitrogens with one attached hydrogen (secondary N) is 3. The van der Waals surface area contributed by atoms with E-state index in [2.05, 4.69) is 25.6 Å². The van der Waals surface area contributed by atoms with Crippen LogP contribution in [-0.2, 0) is 6.18 Å². The van der Waals surface area contributed by atoms with Crippen molar-refractivity contribution in [3.05, 3.63) is 64.3 Å². The van der Waals surface area contributed by atoms with Gasteiger partial charge in [-0.25, -0.2) is 9.78 Å². The fraction of sp³-hybridized carbons (Fsp3) is 0.150. The maximum atomic E-state index is 13.0.